The molecule has 7 heteroatoms. The van der Waals surface area contributed by atoms with E-state index in [1.165, 1.54) is 0 Å². The van der Waals surface area contributed by atoms with Crippen LogP contribution in [-0.2, 0) is 16.6 Å². The number of hydrogen-bond acceptors (Lipinski definition) is 3. The van der Waals surface area contributed by atoms with Crippen LogP contribution in [0.3, 0.4) is 0 Å². The van der Waals surface area contributed by atoms with E-state index in [-0.39, 0.29) is 0 Å². The van der Waals surface area contributed by atoms with Gasteiger partial charge in [0, 0.05) is 28.7 Å². The molecular formula is C12H18Cl2N2O2S. The van der Waals surface area contributed by atoms with Crippen molar-refractivity contribution in [3.8, 4) is 0 Å². The van der Waals surface area contributed by atoms with Crippen LogP contribution in [0.25, 0.3) is 0 Å². The Bertz CT molecular complexity index is 524. The molecule has 0 atom stereocenters. The highest BCUT2D eigenvalue weighted by molar-refractivity contribution is 7.88. The molecule has 2 N–H and O–H groups in total. The molecule has 4 nitrogen and oxygen atoms in total. The molecular weight excluding hydrogens is 307 g/mol. The second-order valence-electron chi connectivity index (χ2n) is 5.14. The molecule has 0 saturated carbocycles. The van der Waals surface area contributed by atoms with Gasteiger partial charge in [0.15, 0.2) is 0 Å². The van der Waals surface area contributed by atoms with Crippen molar-refractivity contribution in [1.29, 1.82) is 0 Å². The zero-order valence-electron chi connectivity index (χ0n) is 11.1. The molecule has 0 amide bonds. The van der Waals surface area contributed by atoms with Crippen LogP contribution in [0.5, 0.6) is 0 Å². The van der Waals surface area contributed by atoms with Gasteiger partial charge in [-0.2, -0.15) is 0 Å². The SMILES string of the molecule is CC(C)(CNCc1cc(Cl)cc(Cl)c1)NS(C)(=O)=O. The monoisotopic (exact) mass is 324 g/mol. The second-order valence-corrected chi connectivity index (χ2v) is 7.76. The summed E-state index contributed by atoms with van der Waals surface area (Å²) in [7, 11) is -3.22. The number of benzene rings is 1. The predicted octanol–water partition coefficient (Wildman–Crippen LogP) is 2.41. The Balaban J connectivity index is 2.54. The first kappa shape index (κ1) is 16.7. The van der Waals surface area contributed by atoms with Gasteiger partial charge < -0.3 is 5.32 Å². The zero-order valence-corrected chi connectivity index (χ0v) is 13.5. The predicted molar refractivity (Wildman–Crippen MR) is 80.2 cm³/mol. The Kier molecular flexibility index (Phi) is 5.65. The van der Waals surface area contributed by atoms with Gasteiger partial charge in [-0.3, -0.25) is 0 Å². The lowest BCUT2D eigenvalue weighted by atomic mass is 10.1. The first-order valence-electron chi connectivity index (χ1n) is 5.72. The summed E-state index contributed by atoms with van der Waals surface area (Å²) < 4.78 is 25.0. The summed E-state index contributed by atoms with van der Waals surface area (Å²) in [6.07, 6.45) is 1.14. The topological polar surface area (TPSA) is 58.2 Å². The molecule has 0 aliphatic carbocycles. The molecule has 0 spiro atoms. The Morgan fingerprint density at radius 1 is 1.16 bits per heavy atom. The summed E-state index contributed by atoms with van der Waals surface area (Å²) in [6.45, 7) is 4.68. The van der Waals surface area contributed by atoms with Crippen molar-refractivity contribution < 1.29 is 8.42 Å². The standard InChI is InChI=1S/C12H18Cl2N2O2S/c1-12(2,16-19(3,17)18)8-15-7-9-4-10(13)6-11(14)5-9/h4-6,15-16H,7-8H2,1-3H3. The van der Waals surface area contributed by atoms with E-state index in [0.29, 0.717) is 23.1 Å². The third-order valence-electron chi connectivity index (χ3n) is 2.28. The first-order valence-corrected chi connectivity index (χ1v) is 8.37. The fraction of sp³-hybridized carbons (Fsp3) is 0.500. The van der Waals surface area contributed by atoms with Gasteiger partial charge in [-0.05, 0) is 37.6 Å². The minimum Gasteiger partial charge on any atom is -0.311 e. The maximum atomic E-state index is 11.2. The summed E-state index contributed by atoms with van der Waals surface area (Å²) >= 11 is 11.8. The van der Waals surface area contributed by atoms with E-state index in [1.54, 1.807) is 6.07 Å². The van der Waals surface area contributed by atoms with Gasteiger partial charge in [0.1, 0.15) is 0 Å². The molecule has 1 aromatic carbocycles. The average Bonchev–Trinajstić information content (AvgIpc) is 2.10. The lowest BCUT2D eigenvalue weighted by Gasteiger charge is -2.25. The summed E-state index contributed by atoms with van der Waals surface area (Å²) in [4.78, 5) is 0. The highest BCUT2D eigenvalue weighted by atomic mass is 35.5. The number of rotatable bonds is 6. The largest absolute Gasteiger partial charge is 0.311 e. The average molecular weight is 325 g/mol. The summed E-state index contributed by atoms with van der Waals surface area (Å²) in [5.41, 5.74) is 0.392. The quantitative estimate of drug-likeness (QED) is 0.844. The smallest absolute Gasteiger partial charge is 0.209 e. The Morgan fingerprint density at radius 3 is 2.16 bits per heavy atom. The van der Waals surface area contributed by atoms with Gasteiger partial charge in [0.2, 0.25) is 10.0 Å². The number of nitrogens with one attached hydrogen (secondary N) is 2. The van der Waals surface area contributed by atoms with Crippen LogP contribution in [0.2, 0.25) is 10.0 Å². The van der Waals surface area contributed by atoms with E-state index in [2.05, 4.69) is 10.0 Å². The van der Waals surface area contributed by atoms with E-state index in [0.717, 1.165) is 11.8 Å². The highest BCUT2D eigenvalue weighted by Gasteiger charge is 2.21. The van der Waals surface area contributed by atoms with Gasteiger partial charge in [-0.15, -0.1) is 0 Å². The van der Waals surface area contributed by atoms with Crippen LogP contribution < -0.4 is 10.0 Å². The van der Waals surface area contributed by atoms with Crippen molar-refractivity contribution in [2.24, 2.45) is 0 Å². The number of halogens is 2. The fourth-order valence-corrected chi connectivity index (χ4v) is 3.42. The lowest BCUT2D eigenvalue weighted by Crippen LogP contribution is -2.49. The molecule has 0 radical (unpaired) electrons. The van der Waals surface area contributed by atoms with Gasteiger partial charge in [-0.1, -0.05) is 23.2 Å². The molecule has 0 fully saturated rings. The van der Waals surface area contributed by atoms with E-state index in [1.807, 2.05) is 26.0 Å². The van der Waals surface area contributed by atoms with Crippen LogP contribution in [0.1, 0.15) is 19.4 Å². The van der Waals surface area contributed by atoms with Crippen molar-refractivity contribution in [2.45, 2.75) is 25.9 Å². The van der Waals surface area contributed by atoms with Gasteiger partial charge in [0.25, 0.3) is 0 Å². The lowest BCUT2D eigenvalue weighted by molar-refractivity contribution is 0.421. The van der Waals surface area contributed by atoms with Crippen LogP contribution >= 0.6 is 23.2 Å². The highest BCUT2D eigenvalue weighted by Crippen LogP contribution is 2.18. The van der Waals surface area contributed by atoms with Crippen molar-refractivity contribution in [3.63, 3.8) is 0 Å². The zero-order chi connectivity index (χ0) is 14.7. The fourth-order valence-electron chi connectivity index (χ4n) is 1.77. The third kappa shape index (κ3) is 7.13. The minimum absolute atomic E-state index is 0.490. The number of hydrogen-bond donors (Lipinski definition) is 2. The minimum atomic E-state index is -3.22. The molecule has 0 aliphatic rings. The molecule has 1 rings (SSSR count). The van der Waals surface area contributed by atoms with Gasteiger partial charge >= 0.3 is 0 Å². The van der Waals surface area contributed by atoms with E-state index in [9.17, 15) is 8.42 Å². The maximum Gasteiger partial charge on any atom is 0.209 e. The van der Waals surface area contributed by atoms with Gasteiger partial charge in [0.05, 0.1) is 6.26 Å². The molecule has 108 valence electrons. The van der Waals surface area contributed by atoms with Crippen LogP contribution in [0.4, 0.5) is 0 Å². The summed E-state index contributed by atoms with van der Waals surface area (Å²) in [5, 5.41) is 4.34. The van der Waals surface area contributed by atoms with Crippen LogP contribution in [0, 0.1) is 0 Å². The molecule has 0 heterocycles. The van der Waals surface area contributed by atoms with Crippen molar-refractivity contribution in [1.82, 2.24) is 10.0 Å². The van der Waals surface area contributed by atoms with E-state index >= 15 is 0 Å². The molecule has 0 aliphatic heterocycles. The molecule has 0 bridgehead atoms. The van der Waals surface area contributed by atoms with Crippen molar-refractivity contribution >= 4 is 33.2 Å². The third-order valence-corrected chi connectivity index (χ3v) is 3.64. The number of sulfonamides is 1. The van der Waals surface area contributed by atoms with Crippen molar-refractivity contribution in [3.05, 3.63) is 33.8 Å². The molecule has 0 saturated heterocycles. The Labute approximate surface area is 124 Å². The molecule has 0 aromatic heterocycles. The summed E-state index contributed by atoms with van der Waals surface area (Å²) in [6, 6.07) is 5.30. The molecule has 19 heavy (non-hydrogen) atoms. The van der Waals surface area contributed by atoms with E-state index < -0.39 is 15.6 Å². The maximum absolute atomic E-state index is 11.2. The summed E-state index contributed by atoms with van der Waals surface area (Å²) in [5.74, 6) is 0. The van der Waals surface area contributed by atoms with Crippen LogP contribution in [0.15, 0.2) is 18.2 Å². The van der Waals surface area contributed by atoms with Crippen molar-refractivity contribution in [2.75, 3.05) is 12.8 Å². The van der Waals surface area contributed by atoms with Crippen LogP contribution in [-0.4, -0.2) is 26.8 Å². The second kappa shape index (κ2) is 6.41. The normalized spacial score (nSPS) is 12.7. The van der Waals surface area contributed by atoms with Gasteiger partial charge in [-0.25, -0.2) is 13.1 Å². The molecule has 1 aromatic rings. The molecule has 0 unspecified atom stereocenters. The Hall–Kier alpha value is -0.330. The Morgan fingerprint density at radius 2 is 1.68 bits per heavy atom. The first-order chi connectivity index (χ1) is 8.57. The van der Waals surface area contributed by atoms with E-state index in [4.69, 9.17) is 23.2 Å².